The maximum atomic E-state index is 9.25. The van der Waals surface area contributed by atoms with Crippen molar-refractivity contribution < 1.29 is 10.2 Å². The summed E-state index contributed by atoms with van der Waals surface area (Å²) in [5, 5.41) is 18.7. The first kappa shape index (κ1) is 13.5. The molecule has 0 aliphatic carbocycles. The number of benzene rings is 1. The first-order valence-electron chi connectivity index (χ1n) is 5.33. The van der Waals surface area contributed by atoms with E-state index in [4.69, 9.17) is 16.7 Å². The van der Waals surface area contributed by atoms with Crippen molar-refractivity contribution in [3.8, 4) is 0 Å². The van der Waals surface area contributed by atoms with Crippen molar-refractivity contribution in [3.05, 3.63) is 34.9 Å². The Morgan fingerprint density at radius 1 is 1.31 bits per heavy atom. The molecule has 0 fully saturated rings. The number of hydrogen-bond donors (Lipinski definition) is 2. The van der Waals surface area contributed by atoms with Crippen LogP contribution < -0.4 is 0 Å². The van der Waals surface area contributed by atoms with Gasteiger partial charge in [-0.15, -0.1) is 0 Å². The molecule has 16 heavy (non-hydrogen) atoms. The van der Waals surface area contributed by atoms with Crippen molar-refractivity contribution in [3.63, 3.8) is 0 Å². The second-order valence-corrected chi connectivity index (χ2v) is 4.41. The molecule has 90 valence electrons. The molecule has 0 bridgehead atoms. The van der Waals surface area contributed by atoms with E-state index in [1.807, 2.05) is 36.2 Å². The summed E-state index contributed by atoms with van der Waals surface area (Å²) >= 11 is 5.79. The number of nitrogens with zero attached hydrogens (tertiary/aromatic N) is 1. The van der Waals surface area contributed by atoms with Crippen LogP contribution >= 0.6 is 11.6 Å². The predicted molar refractivity (Wildman–Crippen MR) is 65.7 cm³/mol. The standard InChI is InChI=1S/C12H18ClNO2/c1-14(8-12(16)9-15)7-6-10-2-4-11(13)5-3-10/h2-5,12,15-16H,6-9H2,1H3. The average Bonchev–Trinajstić information content (AvgIpc) is 2.28. The molecule has 1 aromatic rings. The van der Waals surface area contributed by atoms with Crippen LogP contribution in [0.3, 0.4) is 0 Å². The van der Waals surface area contributed by atoms with Crippen LogP contribution in [0.5, 0.6) is 0 Å². The zero-order chi connectivity index (χ0) is 12.0. The number of aliphatic hydroxyl groups is 2. The molecule has 1 rings (SSSR count). The highest BCUT2D eigenvalue weighted by Crippen LogP contribution is 2.10. The quantitative estimate of drug-likeness (QED) is 0.788. The highest BCUT2D eigenvalue weighted by atomic mass is 35.5. The number of likely N-dealkylation sites (N-methyl/N-ethyl adjacent to an activating group) is 1. The van der Waals surface area contributed by atoms with Crippen LogP contribution in [-0.2, 0) is 6.42 Å². The van der Waals surface area contributed by atoms with Crippen LogP contribution in [0, 0.1) is 0 Å². The smallest absolute Gasteiger partial charge is 0.0897 e. The SMILES string of the molecule is CN(CCc1ccc(Cl)cc1)CC(O)CO. The van der Waals surface area contributed by atoms with E-state index in [-0.39, 0.29) is 6.61 Å². The second-order valence-electron chi connectivity index (χ2n) is 3.98. The van der Waals surface area contributed by atoms with E-state index in [0.29, 0.717) is 6.54 Å². The van der Waals surface area contributed by atoms with Crippen LogP contribution in [0.4, 0.5) is 0 Å². The van der Waals surface area contributed by atoms with E-state index in [1.165, 1.54) is 5.56 Å². The molecule has 0 saturated heterocycles. The van der Waals surface area contributed by atoms with Crippen molar-refractivity contribution in [1.82, 2.24) is 4.90 Å². The van der Waals surface area contributed by atoms with Crippen molar-refractivity contribution in [2.24, 2.45) is 0 Å². The second kappa shape index (κ2) is 6.86. The largest absolute Gasteiger partial charge is 0.394 e. The van der Waals surface area contributed by atoms with Crippen molar-refractivity contribution >= 4 is 11.6 Å². The Morgan fingerprint density at radius 2 is 1.94 bits per heavy atom. The first-order chi connectivity index (χ1) is 7.61. The lowest BCUT2D eigenvalue weighted by Gasteiger charge is -2.19. The van der Waals surface area contributed by atoms with Gasteiger partial charge in [0.25, 0.3) is 0 Å². The van der Waals surface area contributed by atoms with E-state index >= 15 is 0 Å². The topological polar surface area (TPSA) is 43.7 Å². The Hall–Kier alpha value is -0.610. The number of rotatable bonds is 6. The highest BCUT2D eigenvalue weighted by molar-refractivity contribution is 6.30. The van der Waals surface area contributed by atoms with Crippen LogP contribution in [0.1, 0.15) is 5.56 Å². The van der Waals surface area contributed by atoms with Gasteiger partial charge in [-0.3, -0.25) is 0 Å². The maximum Gasteiger partial charge on any atom is 0.0897 e. The van der Waals surface area contributed by atoms with Gasteiger partial charge < -0.3 is 15.1 Å². The lowest BCUT2D eigenvalue weighted by molar-refractivity contribution is 0.0669. The molecule has 0 aromatic heterocycles. The van der Waals surface area contributed by atoms with E-state index in [1.54, 1.807) is 0 Å². The van der Waals surface area contributed by atoms with E-state index in [9.17, 15) is 5.11 Å². The third kappa shape index (κ3) is 4.94. The summed E-state index contributed by atoms with van der Waals surface area (Å²) in [7, 11) is 1.93. The molecule has 1 atom stereocenters. The number of halogens is 1. The van der Waals surface area contributed by atoms with Crippen LogP contribution in [-0.4, -0.2) is 48.0 Å². The first-order valence-corrected chi connectivity index (χ1v) is 5.71. The molecule has 0 spiro atoms. The molecule has 1 aromatic carbocycles. The summed E-state index contributed by atoms with van der Waals surface area (Å²) in [5.74, 6) is 0. The summed E-state index contributed by atoms with van der Waals surface area (Å²) in [5.41, 5.74) is 1.22. The minimum absolute atomic E-state index is 0.189. The summed E-state index contributed by atoms with van der Waals surface area (Å²) in [6.07, 6.45) is 0.251. The summed E-state index contributed by atoms with van der Waals surface area (Å²) in [6, 6.07) is 7.75. The van der Waals surface area contributed by atoms with Crippen molar-refractivity contribution in [2.75, 3.05) is 26.7 Å². The van der Waals surface area contributed by atoms with Crippen LogP contribution in [0.2, 0.25) is 5.02 Å². The number of hydrogen-bond acceptors (Lipinski definition) is 3. The molecule has 3 nitrogen and oxygen atoms in total. The van der Waals surface area contributed by atoms with Gasteiger partial charge in [-0.1, -0.05) is 23.7 Å². The Balaban J connectivity index is 2.31. The van der Waals surface area contributed by atoms with Crippen LogP contribution in [0.25, 0.3) is 0 Å². The highest BCUT2D eigenvalue weighted by Gasteiger charge is 2.06. The van der Waals surface area contributed by atoms with Gasteiger partial charge >= 0.3 is 0 Å². The normalized spacial score (nSPS) is 13.1. The molecule has 0 aliphatic rings. The maximum absolute atomic E-state index is 9.25. The van der Waals surface area contributed by atoms with Gasteiger partial charge in [-0.05, 0) is 31.2 Å². The third-order valence-corrected chi connectivity index (χ3v) is 2.68. The fourth-order valence-electron chi connectivity index (χ4n) is 1.48. The molecular formula is C12H18ClNO2. The zero-order valence-corrected chi connectivity index (χ0v) is 10.2. The Bertz CT molecular complexity index is 302. The number of aliphatic hydroxyl groups excluding tert-OH is 2. The van der Waals surface area contributed by atoms with E-state index < -0.39 is 6.10 Å². The van der Waals surface area contributed by atoms with Gasteiger partial charge in [0.15, 0.2) is 0 Å². The third-order valence-electron chi connectivity index (χ3n) is 2.43. The average molecular weight is 244 g/mol. The molecule has 1 unspecified atom stereocenters. The van der Waals surface area contributed by atoms with E-state index in [0.717, 1.165) is 18.0 Å². The summed E-state index contributed by atoms with van der Waals surface area (Å²) in [4.78, 5) is 2.00. The fourth-order valence-corrected chi connectivity index (χ4v) is 1.61. The molecule has 0 saturated carbocycles. The Morgan fingerprint density at radius 3 is 2.50 bits per heavy atom. The Kier molecular flexibility index (Phi) is 5.77. The molecule has 0 amide bonds. The molecule has 0 heterocycles. The van der Waals surface area contributed by atoms with Crippen molar-refractivity contribution in [1.29, 1.82) is 0 Å². The zero-order valence-electron chi connectivity index (χ0n) is 9.43. The lowest BCUT2D eigenvalue weighted by Crippen LogP contribution is -2.32. The predicted octanol–water partition coefficient (Wildman–Crippen LogP) is 1.17. The molecule has 4 heteroatoms. The summed E-state index contributed by atoms with van der Waals surface area (Å²) < 4.78 is 0. The van der Waals surface area contributed by atoms with Gasteiger partial charge in [-0.2, -0.15) is 0 Å². The monoisotopic (exact) mass is 243 g/mol. The molecule has 0 aliphatic heterocycles. The minimum atomic E-state index is -0.657. The van der Waals surface area contributed by atoms with Crippen LogP contribution in [0.15, 0.2) is 24.3 Å². The molecular weight excluding hydrogens is 226 g/mol. The van der Waals surface area contributed by atoms with Gasteiger partial charge in [0.05, 0.1) is 12.7 Å². The van der Waals surface area contributed by atoms with Gasteiger partial charge in [-0.25, -0.2) is 0 Å². The van der Waals surface area contributed by atoms with E-state index in [2.05, 4.69) is 0 Å². The molecule has 2 N–H and O–H groups in total. The Labute approximate surface area is 101 Å². The fraction of sp³-hybridized carbons (Fsp3) is 0.500. The lowest BCUT2D eigenvalue weighted by atomic mass is 10.1. The minimum Gasteiger partial charge on any atom is -0.394 e. The van der Waals surface area contributed by atoms with Crippen molar-refractivity contribution in [2.45, 2.75) is 12.5 Å². The summed E-state index contributed by atoms with van der Waals surface area (Å²) in [6.45, 7) is 1.15. The van der Waals surface area contributed by atoms with Gasteiger partial charge in [0, 0.05) is 18.1 Å². The van der Waals surface area contributed by atoms with Gasteiger partial charge in [0.2, 0.25) is 0 Å². The van der Waals surface area contributed by atoms with Gasteiger partial charge in [0.1, 0.15) is 0 Å². The molecule has 0 radical (unpaired) electrons.